The molecule has 20 nitrogen and oxygen atoms in total. The number of anilines is 3. The Hall–Kier alpha value is -7.33. The highest BCUT2D eigenvalue weighted by Gasteiger charge is 2.36. The number of nitrogens with zero attached hydrogens (tertiary/aromatic N) is 4. The van der Waals surface area contributed by atoms with E-state index in [4.69, 9.17) is 23.7 Å². The van der Waals surface area contributed by atoms with Crippen LogP contribution in [0.3, 0.4) is 0 Å². The summed E-state index contributed by atoms with van der Waals surface area (Å²) in [5.41, 5.74) is 4.27. The minimum Gasteiger partial charge on any atom is -0.493 e. The molecule has 72 heavy (non-hydrogen) atoms. The minimum atomic E-state index is -1.15. The molecule has 5 aromatic rings. The molecule has 2 aromatic heterocycles. The van der Waals surface area contributed by atoms with Crippen molar-refractivity contribution >= 4 is 52.6 Å². The number of benzene rings is 3. The molecule has 378 valence electrons. The zero-order chi connectivity index (χ0) is 50.5. The van der Waals surface area contributed by atoms with Gasteiger partial charge in [0.25, 0.3) is 17.7 Å². The van der Waals surface area contributed by atoms with Gasteiger partial charge in [0.2, 0.25) is 12.2 Å². The second-order valence-electron chi connectivity index (χ2n) is 18.1. The molecule has 7 N–H and O–H groups in total. The Balaban J connectivity index is 0.812. The number of carbonyl (C=O) groups is 4. The van der Waals surface area contributed by atoms with Crippen LogP contribution in [0.1, 0.15) is 76.1 Å². The molecule has 0 bridgehead atoms. The third kappa shape index (κ3) is 11.4. The number of ether oxygens (including phenoxy) is 5. The standard InChI is InChI=1S/C52H57N7O13/c1-57-26-31(17-42(57)49(65)55-32-7-4-3-5-8-32)30-10-12-33(13-11-30)56-50(66)43-18-34(27-59(43)52-44(63)21-37(62)29-70-52)54-47(64)9-6-16-69-46-24-41-40(23-45(46)68-2)51(67)58-15-14-38(19-35(58)25-53-41)71-48-22-36(61)20-39(28-60)72-48/h3-5,7-8,10-14,17-18,23-27,35-37,39,44,48,52,60-63H,6,9,15-16,19-22,28-29H2,1-2H3,(H,54,64)(H,55,65)(H,56,66). The van der Waals surface area contributed by atoms with Crippen LogP contribution < -0.4 is 25.4 Å². The summed E-state index contributed by atoms with van der Waals surface area (Å²) in [4.78, 5) is 60.4. The van der Waals surface area contributed by atoms with Gasteiger partial charge in [0, 0.05) is 87.3 Å². The molecule has 4 aliphatic heterocycles. The SMILES string of the molecule is COc1cc2c(cc1OCCCC(=O)Nc1cc(C(=O)Nc3ccc(-c4cc(C(=O)Nc5ccccc5)n(C)c4)cc3)n(C3OCC(O)CC3O)c1)N=CC1CC(OC3CC(O)CC(CO)O3)=CCN1C2=O. The first-order valence-electron chi connectivity index (χ1n) is 23.8. The summed E-state index contributed by atoms with van der Waals surface area (Å²) in [6.45, 7) is 0.0477. The predicted molar refractivity (Wildman–Crippen MR) is 263 cm³/mol. The third-order valence-electron chi connectivity index (χ3n) is 12.8. The van der Waals surface area contributed by atoms with Crippen LogP contribution in [0.4, 0.5) is 22.7 Å². The highest BCUT2D eigenvalue weighted by Crippen LogP contribution is 2.39. The maximum Gasteiger partial charge on any atom is 0.272 e. The summed E-state index contributed by atoms with van der Waals surface area (Å²) < 4.78 is 32.5. The molecule has 0 radical (unpaired) electrons. The van der Waals surface area contributed by atoms with Crippen LogP contribution in [-0.2, 0) is 26.1 Å². The second kappa shape index (κ2) is 22.0. The van der Waals surface area contributed by atoms with E-state index < -0.39 is 48.9 Å². The third-order valence-corrected chi connectivity index (χ3v) is 12.8. The van der Waals surface area contributed by atoms with E-state index in [0.717, 1.165) is 11.1 Å². The highest BCUT2D eigenvalue weighted by atomic mass is 16.7. The molecule has 3 aromatic carbocycles. The lowest BCUT2D eigenvalue weighted by Gasteiger charge is -2.36. The summed E-state index contributed by atoms with van der Waals surface area (Å²) in [6.07, 6.45) is 3.07. The van der Waals surface area contributed by atoms with E-state index in [2.05, 4.69) is 20.9 Å². The fraction of sp³-hybridized carbons (Fsp3) is 0.365. The predicted octanol–water partition coefficient (Wildman–Crippen LogP) is 5.13. The smallest absolute Gasteiger partial charge is 0.272 e. The average molecular weight is 988 g/mol. The van der Waals surface area contributed by atoms with Gasteiger partial charge in [-0.2, -0.15) is 0 Å². The summed E-state index contributed by atoms with van der Waals surface area (Å²) in [5, 5.41) is 49.4. The number of fused-ring (bicyclic) bond motifs is 2. The molecular formula is C52H57N7O13. The van der Waals surface area contributed by atoms with Gasteiger partial charge in [0.1, 0.15) is 17.5 Å². The van der Waals surface area contributed by atoms with Gasteiger partial charge in [-0.25, -0.2) is 0 Å². The van der Waals surface area contributed by atoms with Crippen LogP contribution in [0.2, 0.25) is 0 Å². The van der Waals surface area contributed by atoms with Gasteiger partial charge in [0.15, 0.2) is 17.7 Å². The molecule has 7 unspecified atom stereocenters. The Bertz CT molecular complexity index is 2840. The molecule has 20 heteroatoms. The molecule has 6 heterocycles. The van der Waals surface area contributed by atoms with Crippen molar-refractivity contribution < 1.29 is 63.3 Å². The average Bonchev–Trinajstić information content (AvgIpc) is 3.94. The maximum absolute atomic E-state index is 13.9. The van der Waals surface area contributed by atoms with E-state index in [-0.39, 0.29) is 81.2 Å². The molecule has 2 saturated heterocycles. The van der Waals surface area contributed by atoms with Crippen molar-refractivity contribution in [3.63, 3.8) is 0 Å². The lowest BCUT2D eigenvalue weighted by Crippen LogP contribution is -2.44. The zero-order valence-corrected chi connectivity index (χ0v) is 39.7. The summed E-state index contributed by atoms with van der Waals surface area (Å²) in [7, 11) is 3.25. The number of rotatable bonds is 16. The fourth-order valence-electron chi connectivity index (χ4n) is 9.16. The topological polar surface area (TPSA) is 257 Å². The largest absolute Gasteiger partial charge is 0.493 e. The van der Waals surface area contributed by atoms with Crippen LogP contribution in [0.15, 0.2) is 108 Å². The first kappa shape index (κ1) is 49.6. The monoisotopic (exact) mass is 987 g/mol. The summed E-state index contributed by atoms with van der Waals surface area (Å²) in [6, 6.07) is 22.3. The lowest BCUT2D eigenvalue weighted by molar-refractivity contribution is -0.207. The van der Waals surface area contributed by atoms with Crippen molar-refractivity contribution in [2.75, 3.05) is 49.4 Å². The molecule has 2 fully saturated rings. The molecule has 4 amide bonds. The highest BCUT2D eigenvalue weighted by molar-refractivity contribution is 6.06. The first-order chi connectivity index (χ1) is 34.8. The van der Waals surface area contributed by atoms with Gasteiger partial charge in [0.05, 0.1) is 74.0 Å². The number of hydrogen-bond acceptors (Lipinski definition) is 14. The van der Waals surface area contributed by atoms with E-state index in [1.807, 2.05) is 48.7 Å². The van der Waals surface area contributed by atoms with E-state index >= 15 is 0 Å². The van der Waals surface area contributed by atoms with Crippen molar-refractivity contribution in [1.29, 1.82) is 0 Å². The van der Waals surface area contributed by atoms with Gasteiger partial charge < -0.3 is 74.1 Å². The Labute approximate surface area is 414 Å². The maximum atomic E-state index is 13.9. The number of aliphatic hydroxyl groups is 4. The zero-order valence-electron chi connectivity index (χ0n) is 39.7. The fourth-order valence-corrected chi connectivity index (χ4v) is 9.16. The number of amides is 4. The number of carbonyl (C=O) groups excluding carboxylic acids is 4. The molecular weight excluding hydrogens is 931 g/mol. The summed E-state index contributed by atoms with van der Waals surface area (Å²) in [5.74, 6) is -0.213. The van der Waals surface area contributed by atoms with Gasteiger partial charge in [-0.3, -0.25) is 24.2 Å². The Kier molecular flexibility index (Phi) is 15.2. The van der Waals surface area contributed by atoms with Gasteiger partial charge in [-0.15, -0.1) is 0 Å². The van der Waals surface area contributed by atoms with Gasteiger partial charge in [-0.1, -0.05) is 30.3 Å². The number of para-hydroxylation sites is 1. The molecule has 9 rings (SSSR count). The molecule has 7 atom stereocenters. The number of aromatic nitrogens is 2. The molecule has 0 saturated carbocycles. The van der Waals surface area contributed by atoms with Gasteiger partial charge in [-0.05, 0) is 60.5 Å². The second-order valence-corrected chi connectivity index (χ2v) is 18.1. The molecule has 0 aliphatic carbocycles. The first-order valence-corrected chi connectivity index (χ1v) is 23.8. The Morgan fingerprint density at radius 2 is 1.60 bits per heavy atom. The summed E-state index contributed by atoms with van der Waals surface area (Å²) >= 11 is 0. The van der Waals surface area contributed by atoms with E-state index in [9.17, 15) is 39.6 Å². The lowest BCUT2D eigenvalue weighted by atomic mass is 10.0. The van der Waals surface area contributed by atoms with Crippen LogP contribution >= 0.6 is 0 Å². The van der Waals surface area contributed by atoms with Crippen LogP contribution in [0, 0.1) is 0 Å². The van der Waals surface area contributed by atoms with Gasteiger partial charge >= 0.3 is 0 Å². The number of aryl methyl sites for hydroxylation is 1. The normalized spacial score (nSPS) is 22.7. The van der Waals surface area contributed by atoms with Crippen LogP contribution in [-0.4, -0.2) is 135 Å². The number of hydrogen-bond donors (Lipinski definition) is 7. The van der Waals surface area contributed by atoms with E-state index in [1.54, 1.807) is 59.1 Å². The number of aliphatic hydroxyl groups excluding tert-OH is 4. The van der Waals surface area contributed by atoms with Crippen LogP contribution in [0.5, 0.6) is 11.5 Å². The van der Waals surface area contributed by atoms with Crippen molar-refractivity contribution in [2.24, 2.45) is 12.0 Å². The quantitative estimate of drug-likeness (QED) is 0.0634. The van der Waals surface area contributed by atoms with Crippen molar-refractivity contribution in [3.8, 4) is 22.6 Å². The van der Waals surface area contributed by atoms with E-state index in [0.29, 0.717) is 58.4 Å². The van der Waals surface area contributed by atoms with Crippen molar-refractivity contribution in [3.05, 3.63) is 120 Å². The Morgan fingerprint density at radius 3 is 2.35 bits per heavy atom. The Morgan fingerprint density at radius 1 is 0.833 bits per heavy atom. The minimum absolute atomic E-state index is 0.0176. The number of methoxy groups -OCH3 is 1. The molecule has 4 aliphatic rings. The number of aliphatic imine (C=N–C) groups is 1. The number of nitrogens with one attached hydrogen (secondary N) is 3. The molecule has 0 spiro atoms. The van der Waals surface area contributed by atoms with E-state index in [1.165, 1.54) is 23.9 Å². The van der Waals surface area contributed by atoms with Crippen molar-refractivity contribution in [1.82, 2.24) is 14.0 Å². The van der Waals surface area contributed by atoms with Crippen LogP contribution in [0.25, 0.3) is 11.1 Å². The van der Waals surface area contributed by atoms with Crippen molar-refractivity contribution in [2.45, 2.75) is 81.5 Å².